The van der Waals surface area contributed by atoms with E-state index in [0.29, 0.717) is 0 Å². The Morgan fingerprint density at radius 2 is 2.23 bits per heavy atom. The molecular formula is C16H22N2O4. The third kappa shape index (κ3) is 3.69. The van der Waals surface area contributed by atoms with Crippen molar-refractivity contribution in [2.75, 3.05) is 20.7 Å². The fourth-order valence-electron chi connectivity index (χ4n) is 2.84. The molecule has 1 unspecified atom stereocenters. The average Bonchev–Trinajstić information content (AvgIpc) is 2.52. The summed E-state index contributed by atoms with van der Waals surface area (Å²) in [4.78, 5) is 24.3. The number of amides is 2. The minimum atomic E-state index is -0.918. The molecule has 22 heavy (non-hydrogen) atoms. The molecule has 6 nitrogen and oxygen atoms in total. The van der Waals surface area contributed by atoms with Crippen molar-refractivity contribution in [3.05, 3.63) is 29.3 Å². The van der Waals surface area contributed by atoms with Gasteiger partial charge in [0.15, 0.2) is 0 Å². The predicted molar refractivity (Wildman–Crippen MR) is 82.1 cm³/mol. The van der Waals surface area contributed by atoms with E-state index in [9.17, 15) is 9.59 Å². The number of nitrogens with one attached hydrogen (secondary N) is 1. The van der Waals surface area contributed by atoms with E-state index in [1.165, 1.54) is 5.56 Å². The highest BCUT2D eigenvalue weighted by Crippen LogP contribution is 2.35. The number of carbonyl (C=O) groups is 2. The maximum Gasteiger partial charge on any atom is 0.317 e. The second-order valence-electron chi connectivity index (χ2n) is 5.46. The Balaban J connectivity index is 2.07. The molecule has 6 heteroatoms. The molecule has 0 bridgehead atoms. The van der Waals surface area contributed by atoms with Crippen LogP contribution < -0.4 is 10.1 Å². The summed E-state index contributed by atoms with van der Waals surface area (Å²) >= 11 is 0. The van der Waals surface area contributed by atoms with Crippen molar-refractivity contribution >= 4 is 12.0 Å². The number of benzene rings is 1. The molecule has 2 rings (SSSR count). The van der Waals surface area contributed by atoms with E-state index in [4.69, 9.17) is 9.84 Å². The van der Waals surface area contributed by atoms with E-state index >= 15 is 0 Å². The van der Waals surface area contributed by atoms with Gasteiger partial charge >= 0.3 is 12.0 Å². The molecule has 1 aliphatic rings. The number of hydrogen-bond acceptors (Lipinski definition) is 3. The summed E-state index contributed by atoms with van der Waals surface area (Å²) in [5.74, 6) is -0.0916. The molecule has 1 aliphatic carbocycles. The van der Waals surface area contributed by atoms with Gasteiger partial charge in [0.25, 0.3) is 0 Å². The number of carboxylic acids is 1. The maximum atomic E-state index is 12.2. The van der Waals surface area contributed by atoms with Crippen LogP contribution in [0.2, 0.25) is 0 Å². The van der Waals surface area contributed by atoms with Gasteiger partial charge in [0, 0.05) is 13.6 Å². The summed E-state index contributed by atoms with van der Waals surface area (Å²) in [6, 6.07) is 5.72. The van der Waals surface area contributed by atoms with Crippen LogP contribution in [0.1, 0.15) is 36.4 Å². The molecule has 120 valence electrons. The molecule has 0 spiro atoms. The van der Waals surface area contributed by atoms with E-state index in [2.05, 4.69) is 5.32 Å². The number of carbonyl (C=O) groups excluding carboxylic acids is 1. The molecule has 0 fully saturated rings. The van der Waals surface area contributed by atoms with Gasteiger partial charge in [-0.15, -0.1) is 0 Å². The van der Waals surface area contributed by atoms with Crippen LogP contribution in [-0.4, -0.2) is 42.7 Å². The molecule has 0 aliphatic heterocycles. The highest BCUT2D eigenvalue weighted by molar-refractivity contribution is 5.75. The second kappa shape index (κ2) is 7.15. The molecule has 1 aromatic rings. The third-order valence-corrected chi connectivity index (χ3v) is 4.04. The van der Waals surface area contributed by atoms with Crippen molar-refractivity contribution < 1.29 is 19.4 Å². The van der Waals surface area contributed by atoms with E-state index in [1.807, 2.05) is 18.2 Å². The Morgan fingerprint density at radius 3 is 2.91 bits per heavy atom. The Hall–Kier alpha value is -2.24. The molecule has 2 amide bonds. The zero-order chi connectivity index (χ0) is 16.1. The molecular weight excluding hydrogens is 284 g/mol. The lowest BCUT2D eigenvalue weighted by molar-refractivity contribution is -0.136. The van der Waals surface area contributed by atoms with Crippen LogP contribution in [-0.2, 0) is 11.2 Å². The van der Waals surface area contributed by atoms with Crippen molar-refractivity contribution in [3.8, 4) is 5.75 Å². The van der Waals surface area contributed by atoms with Crippen LogP contribution in [0.15, 0.2) is 18.2 Å². The fraction of sp³-hybridized carbons (Fsp3) is 0.500. The van der Waals surface area contributed by atoms with Crippen LogP contribution in [0.4, 0.5) is 4.79 Å². The van der Waals surface area contributed by atoms with Gasteiger partial charge < -0.3 is 20.1 Å². The summed E-state index contributed by atoms with van der Waals surface area (Å²) < 4.78 is 5.25. The molecule has 1 aromatic carbocycles. The monoisotopic (exact) mass is 306 g/mol. The van der Waals surface area contributed by atoms with Gasteiger partial charge in [-0.05, 0) is 42.5 Å². The van der Waals surface area contributed by atoms with Gasteiger partial charge in [0.2, 0.25) is 0 Å². The second-order valence-corrected chi connectivity index (χ2v) is 5.46. The minimum Gasteiger partial charge on any atom is -0.497 e. The van der Waals surface area contributed by atoms with Gasteiger partial charge in [-0.25, -0.2) is 4.79 Å². The molecule has 0 aromatic heterocycles. The number of rotatable bonds is 5. The van der Waals surface area contributed by atoms with Gasteiger partial charge in [-0.3, -0.25) is 4.79 Å². The number of hydrogen-bond donors (Lipinski definition) is 2. The Morgan fingerprint density at radius 1 is 1.45 bits per heavy atom. The zero-order valence-corrected chi connectivity index (χ0v) is 13.0. The Kier molecular flexibility index (Phi) is 5.25. The molecule has 0 saturated carbocycles. The first-order valence-electron chi connectivity index (χ1n) is 7.42. The standard InChI is InChI=1S/C16H22N2O4/c1-18(16(21)17-9-8-15(19)20)14-5-3-4-11-10-12(22-2)6-7-13(11)14/h6-7,10,14H,3-5,8-9H2,1-2H3,(H,17,21)(H,19,20). The summed E-state index contributed by atoms with van der Waals surface area (Å²) in [5.41, 5.74) is 2.35. The third-order valence-electron chi connectivity index (χ3n) is 4.04. The van der Waals surface area contributed by atoms with Crippen LogP contribution in [0.3, 0.4) is 0 Å². The van der Waals surface area contributed by atoms with Gasteiger partial charge in [-0.1, -0.05) is 6.07 Å². The van der Waals surface area contributed by atoms with E-state index in [0.717, 1.165) is 30.6 Å². The lowest BCUT2D eigenvalue weighted by Crippen LogP contribution is -2.41. The lowest BCUT2D eigenvalue weighted by Gasteiger charge is -2.33. The highest BCUT2D eigenvalue weighted by atomic mass is 16.5. The van der Waals surface area contributed by atoms with Crippen LogP contribution >= 0.6 is 0 Å². The number of urea groups is 1. The Bertz CT molecular complexity index is 559. The highest BCUT2D eigenvalue weighted by Gasteiger charge is 2.26. The number of aliphatic carboxylic acids is 1. The zero-order valence-electron chi connectivity index (χ0n) is 13.0. The molecule has 0 saturated heterocycles. The van der Waals surface area contributed by atoms with Gasteiger partial charge in [0.05, 0.1) is 19.6 Å². The topological polar surface area (TPSA) is 78.9 Å². The van der Waals surface area contributed by atoms with Gasteiger partial charge in [-0.2, -0.15) is 0 Å². The fourth-order valence-corrected chi connectivity index (χ4v) is 2.84. The SMILES string of the molecule is COc1ccc2c(c1)CCCC2N(C)C(=O)NCCC(=O)O. The molecule has 2 N–H and O–H groups in total. The molecule has 0 heterocycles. The minimum absolute atomic E-state index is 0.0134. The number of nitrogens with zero attached hydrogens (tertiary/aromatic N) is 1. The number of carboxylic acid groups (broad SMARTS) is 1. The van der Waals surface area contributed by atoms with Gasteiger partial charge in [0.1, 0.15) is 5.75 Å². The van der Waals surface area contributed by atoms with Crippen molar-refractivity contribution in [2.24, 2.45) is 0 Å². The number of methoxy groups -OCH3 is 1. The van der Waals surface area contributed by atoms with Crippen molar-refractivity contribution in [1.82, 2.24) is 10.2 Å². The van der Waals surface area contributed by atoms with E-state index in [-0.39, 0.29) is 25.0 Å². The summed E-state index contributed by atoms with van der Waals surface area (Å²) in [5, 5.41) is 11.3. The normalized spacial score (nSPS) is 16.5. The first-order chi connectivity index (χ1) is 10.5. The summed E-state index contributed by atoms with van der Waals surface area (Å²) in [6.07, 6.45) is 2.83. The average molecular weight is 306 g/mol. The van der Waals surface area contributed by atoms with Crippen molar-refractivity contribution in [1.29, 1.82) is 0 Å². The van der Waals surface area contributed by atoms with Crippen LogP contribution in [0, 0.1) is 0 Å². The number of ether oxygens (including phenoxy) is 1. The first kappa shape index (κ1) is 16.1. The number of fused-ring (bicyclic) bond motifs is 1. The van der Waals surface area contributed by atoms with Crippen molar-refractivity contribution in [2.45, 2.75) is 31.7 Å². The van der Waals surface area contributed by atoms with E-state index in [1.54, 1.807) is 19.1 Å². The van der Waals surface area contributed by atoms with E-state index < -0.39 is 5.97 Å². The van der Waals surface area contributed by atoms with Crippen LogP contribution in [0.25, 0.3) is 0 Å². The smallest absolute Gasteiger partial charge is 0.317 e. The lowest BCUT2D eigenvalue weighted by atomic mass is 9.87. The summed E-state index contributed by atoms with van der Waals surface area (Å²) in [7, 11) is 3.39. The maximum absolute atomic E-state index is 12.2. The Labute approximate surface area is 130 Å². The molecule has 1 atom stereocenters. The van der Waals surface area contributed by atoms with Crippen molar-refractivity contribution in [3.63, 3.8) is 0 Å². The predicted octanol–water partition coefficient (Wildman–Crippen LogP) is 2.19. The quantitative estimate of drug-likeness (QED) is 0.874. The first-order valence-corrected chi connectivity index (χ1v) is 7.42. The largest absolute Gasteiger partial charge is 0.497 e. The summed E-state index contributed by atoms with van der Waals surface area (Å²) in [6.45, 7) is 0.140. The molecule has 0 radical (unpaired) electrons. The number of aryl methyl sites for hydroxylation is 1. The van der Waals surface area contributed by atoms with Crippen LogP contribution in [0.5, 0.6) is 5.75 Å².